The fourth-order valence-electron chi connectivity index (χ4n) is 3.78. The lowest BCUT2D eigenvalue weighted by molar-refractivity contribution is 0.0411. The first-order chi connectivity index (χ1) is 11.5. The highest BCUT2D eigenvalue weighted by molar-refractivity contribution is 7.21. The van der Waals surface area contributed by atoms with Crippen molar-refractivity contribution in [2.45, 2.75) is 39.5 Å². The highest BCUT2D eigenvalue weighted by atomic mass is 32.1. The number of fused-ring (bicyclic) bond motifs is 1. The molecule has 2 N–H and O–H groups in total. The maximum absolute atomic E-state index is 14.0. The molecule has 1 amide bonds. The second-order valence-electron chi connectivity index (χ2n) is 6.98. The summed E-state index contributed by atoms with van der Waals surface area (Å²) in [5.41, 5.74) is 0.825. The number of thiophene rings is 1. The van der Waals surface area contributed by atoms with Gasteiger partial charge in [0.05, 0.1) is 4.88 Å². The van der Waals surface area contributed by atoms with Crippen LogP contribution in [0.5, 0.6) is 0 Å². The Morgan fingerprint density at radius 3 is 2.79 bits per heavy atom. The van der Waals surface area contributed by atoms with Crippen molar-refractivity contribution >= 4 is 27.3 Å². The van der Waals surface area contributed by atoms with E-state index < -0.39 is 0 Å². The molecule has 1 aliphatic carbocycles. The van der Waals surface area contributed by atoms with E-state index in [2.05, 4.69) is 12.2 Å². The minimum Gasteiger partial charge on any atom is -0.396 e. The molecule has 1 saturated carbocycles. The fourth-order valence-corrected chi connectivity index (χ4v) is 4.92. The summed E-state index contributed by atoms with van der Waals surface area (Å²) in [6.07, 6.45) is 4.13. The molecule has 130 valence electrons. The fraction of sp³-hybridized carbons (Fsp3) is 0.526. The number of aryl methyl sites for hydroxylation is 1. The Kier molecular flexibility index (Phi) is 4.92. The number of hydrogen-bond donors (Lipinski definition) is 2. The lowest BCUT2D eigenvalue weighted by Crippen LogP contribution is -2.46. The van der Waals surface area contributed by atoms with Crippen molar-refractivity contribution in [1.82, 2.24) is 5.32 Å². The molecule has 1 atom stereocenters. The molecule has 1 unspecified atom stereocenters. The molecule has 0 bridgehead atoms. The summed E-state index contributed by atoms with van der Waals surface area (Å²) in [6, 6.07) is 4.96. The summed E-state index contributed by atoms with van der Waals surface area (Å²) >= 11 is 1.35. The first-order valence-electron chi connectivity index (χ1n) is 8.55. The predicted octanol–water partition coefficient (Wildman–Crippen LogP) is 4.27. The van der Waals surface area contributed by atoms with Gasteiger partial charge in [-0.05, 0) is 55.2 Å². The van der Waals surface area contributed by atoms with Crippen LogP contribution in [0.3, 0.4) is 0 Å². The lowest BCUT2D eigenvalue weighted by atomic mass is 9.60. The Morgan fingerprint density at radius 1 is 1.46 bits per heavy atom. The average Bonchev–Trinajstić information content (AvgIpc) is 2.85. The van der Waals surface area contributed by atoms with Gasteiger partial charge >= 0.3 is 0 Å². The molecule has 0 aliphatic heterocycles. The van der Waals surface area contributed by atoms with Gasteiger partial charge in [0.1, 0.15) is 5.82 Å². The minimum atomic E-state index is -0.271. The molecule has 5 heteroatoms. The maximum atomic E-state index is 14.0. The Bertz CT molecular complexity index is 751. The van der Waals surface area contributed by atoms with Crippen molar-refractivity contribution < 1.29 is 14.3 Å². The van der Waals surface area contributed by atoms with Crippen LogP contribution < -0.4 is 5.32 Å². The monoisotopic (exact) mass is 349 g/mol. The van der Waals surface area contributed by atoms with Crippen LogP contribution >= 0.6 is 11.3 Å². The Hall–Kier alpha value is -1.46. The van der Waals surface area contributed by atoms with Gasteiger partial charge in [0.15, 0.2) is 0 Å². The van der Waals surface area contributed by atoms with Gasteiger partial charge in [-0.25, -0.2) is 4.39 Å². The number of nitrogens with one attached hydrogen (secondary N) is 1. The highest BCUT2D eigenvalue weighted by Crippen LogP contribution is 2.47. The number of halogens is 1. The molecular formula is C19H24FNO2S. The number of rotatable bonds is 6. The van der Waals surface area contributed by atoms with Gasteiger partial charge < -0.3 is 10.4 Å². The summed E-state index contributed by atoms with van der Waals surface area (Å²) in [6.45, 7) is 4.78. The first kappa shape index (κ1) is 17.4. The second kappa shape index (κ2) is 6.81. The maximum Gasteiger partial charge on any atom is 0.261 e. The minimum absolute atomic E-state index is 0.105. The number of carbonyl (C=O) groups is 1. The molecule has 1 heterocycles. The lowest BCUT2D eigenvalue weighted by Gasteiger charge is -2.47. The number of aliphatic hydroxyl groups excluding tert-OH is 1. The van der Waals surface area contributed by atoms with Crippen LogP contribution in [0, 0.1) is 24.1 Å². The molecule has 1 aromatic carbocycles. The van der Waals surface area contributed by atoms with Crippen molar-refractivity contribution in [3.8, 4) is 0 Å². The molecule has 2 aromatic rings. The van der Waals surface area contributed by atoms with E-state index >= 15 is 0 Å². The number of amides is 1. The van der Waals surface area contributed by atoms with Crippen molar-refractivity contribution in [2.75, 3.05) is 13.2 Å². The Morgan fingerprint density at radius 2 is 2.21 bits per heavy atom. The van der Waals surface area contributed by atoms with Gasteiger partial charge in [0.25, 0.3) is 5.91 Å². The van der Waals surface area contributed by atoms with E-state index in [1.165, 1.54) is 23.8 Å². The largest absolute Gasteiger partial charge is 0.396 e. The van der Waals surface area contributed by atoms with Crippen molar-refractivity contribution in [3.63, 3.8) is 0 Å². The van der Waals surface area contributed by atoms with Crippen LogP contribution in [0.25, 0.3) is 10.1 Å². The molecule has 1 aromatic heterocycles. The third-order valence-electron chi connectivity index (χ3n) is 5.67. The SMILES string of the molecule is Cc1c(C(=O)NCC2(C(C)CCO)CCC2)sc2cccc(F)c12. The van der Waals surface area contributed by atoms with E-state index in [1.807, 2.05) is 13.0 Å². The predicted molar refractivity (Wildman–Crippen MR) is 96.0 cm³/mol. The summed E-state index contributed by atoms with van der Waals surface area (Å²) in [5.74, 6) is 0.000374. The zero-order valence-electron chi connectivity index (χ0n) is 14.2. The summed E-state index contributed by atoms with van der Waals surface area (Å²) in [4.78, 5) is 13.2. The molecule has 3 rings (SSSR count). The van der Waals surface area contributed by atoms with Gasteiger partial charge in [-0.2, -0.15) is 0 Å². The van der Waals surface area contributed by atoms with Crippen molar-refractivity contribution in [2.24, 2.45) is 11.3 Å². The summed E-state index contributed by atoms with van der Waals surface area (Å²) in [5, 5.41) is 12.8. The topological polar surface area (TPSA) is 49.3 Å². The Labute approximate surface area is 145 Å². The van der Waals surface area contributed by atoms with Crippen LogP contribution in [-0.2, 0) is 0 Å². The van der Waals surface area contributed by atoms with Crippen molar-refractivity contribution in [3.05, 3.63) is 34.5 Å². The number of hydrogen-bond acceptors (Lipinski definition) is 3. The van der Waals surface area contributed by atoms with Crippen LogP contribution in [0.1, 0.15) is 47.8 Å². The van der Waals surface area contributed by atoms with E-state index in [1.54, 1.807) is 6.07 Å². The zero-order chi connectivity index (χ0) is 17.3. The summed E-state index contributed by atoms with van der Waals surface area (Å²) < 4.78 is 14.8. The highest BCUT2D eigenvalue weighted by Gasteiger charge is 2.41. The van der Waals surface area contributed by atoms with Crippen molar-refractivity contribution in [1.29, 1.82) is 0 Å². The van der Waals surface area contributed by atoms with Crippen LogP contribution in [0.15, 0.2) is 18.2 Å². The van der Waals surface area contributed by atoms with Gasteiger partial charge in [-0.15, -0.1) is 11.3 Å². The second-order valence-corrected chi connectivity index (χ2v) is 8.03. The average molecular weight is 349 g/mol. The van der Waals surface area contributed by atoms with E-state index in [0.29, 0.717) is 22.7 Å². The van der Waals surface area contributed by atoms with Crippen LogP contribution in [0.4, 0.5) is 4.39 Å². The molecule has 0 spiro atoms. The third kappa shape index (κ3) is 2.95. The molecule has 0 saturated heterocycles. The number of carbonyl (C=O) groups excluding carboxylic acids is 1. The van der Waals surface area contributed by atoms with Crippen LogP contribution in [-0.4, -0.2) is 24.2 Å². The van der Waals surface area contributed by atoms with E-state index in [9.17, 15) is 14.3 Å². The molecule has 1 fully saturated rings. The van der Waals surface area contributed by atoms with Gasteiger partial charge in [-0.3, -0.25) is 4.79 Å². The smallest absolute Gasteiger partial charge is 0.261 e. The van der Waals surface area contributed by atoms with E-state index in [4.69, 9.17) is 0 Å². The van der Waals surface area contributed by atoms with E-state index in [-0.39, 0.29) is 23.7 Å². The zero-order valence-corrected chi connectivity index (χ0v) is 15.0. The molecule has 3 nitrogen and oxygen atoms in total. The number of aliphatic hydroxyl groups is 1. The van der Waals surface area contributed by atoms with Gasteiger partial charge in [0.2, 0.25) is 0 Å². The number of benzene rings is 1. The van der Waals surface area contributed by atoms with E-state index in [0.717, 1.165) is 29.5 Å². The molecule has 24 heavy (non-hydrogen) atoms. The first-order valence-corrected chi connectivity index (χ1v) is 9.37. The molecular weight excluding hydrogens is 325 g/mol. The summed E-state index contributed by atoms with van der Waals surface area (Å²) in [7, 11) is 0. The third-order valence-corrected chi connectivity index (χ3v) is 6.92. The molecule has 0 radical (unpaired) electrons. The molecule has 1 aliphatic rings. The quantitative estimate of drug-likeness (QED) is 0.818. The van der Waals surface area contributed by atoms with Crippen LogP contribution in [0.2, 0.25) is 0 Å². The standard InChI is InChI=1S/C19H24FNO2S/c1-12(7-10-22)19(8-4-9-19)11-21-18(23)17-13(2)16-14(20)5-3-6-15(16)24-17/h3,5-6,12,22H,4,7-11H2,1-2H3,(H,21,23). The normalized spacial score (nSPS) is 17.5. The Balaban J connectivity index is 1.76. The van der Waals surface area contributed by atoms with Gasteiger partial charge in [0, 0.05) is 23.2 Å². The van der Waals surface area contributed by atoms with Gasteiger partial charge in [-0.1, -0.05) is 19.4 Å².